The highest BCUT2D eigenvalue weighted by Gasteiger charge is 2.46. The van der Waals surface area contributed by atoms with Crippen molar-refractivity contribution in [3.63, 3.8) is 0 Å². The molecule has 0 bridgehead atoms. The second-order valence-electron chi connectivity index (χ2n) is 4.07. The van der Waals surface area contributed by atoms with Gasteiger partial charge in [0, 0.05) is 6.54 Å². The summed E-state index contributed by atoms with van der Waals surface area (Å²) in [5.41, 5.74) is -0.657. The van der Waals surface area contributed by atoms with E-state index >= 15 is 0 Å². The standard InChI is InChI=1S/C7H11N3O2.C2HF3O2/c11-5-7(10-6(12)9-5)2-1-3-8-4-7;3-2(4,5)1(6)7/h8H,1-4H2,(H2,9,10,11,12);(H,6,7). The molecule has 0 radical (unpaired) electrons. The first-order valence-corrected chi connectivity index (χ1v) is 5.32. The number of urea groups is 1. The molecule has 2 aliphatic heterocycles. The van der Waals surface area contributed by atoms with Crippen LogP contribution in [0.15, 0.2) is 0 Å². The summed E-state index contributed by atoms with van der Waals surface area (Å²) in [5.74, 6) is -2.95. The molecule has 2 saturated heterocycles. The Labute approximate surface area is 105 Å². The Morgan fingerprint density at radius 2 is 1.89 bits per heavy atom. The molecule has 2 rings (SSSR count). The summed E-state index contributed by atoms with van der Waals surface area (Å²) in [7, 11) is 0. The summed E-state index contributed by atoms with van der Waals surface area (Å²) in [6.07, 6.45) is -3.43. The normalized spacial score (nSPS) is 26.3. The van der Waals surface area contributed by atoms with Crippen LogP contribution in [0.1, 0.15) is 12.8 Å². The van der Waals surface area contributed by atoms with E-state index < -0.39 is 17.7 Å². The molecule has 2 fully saturated rings. The van der Waals surface area contributed by atoms with E-state index in [0.717, 1.165) is 19.4 Å². The Balaban J connectivity index is 0.000000224. The van der Waals surface area contributed by atoms with Crippen LogP contribution < -0.4 is 16.0 Å². The van der Waals surface area contributed by atoms with Crippen LogP contribution >= 0.6 is 0 Å². The number of carbonyl (C=O) groups is 3. The molecule has 4 N–H and O–H groups in total. The Morgan fingerprint density at radius 1 is 1.32 bits per heavy atom. The molecule has 0 aromatic carbocycles. The zero-order chi connectivity index (χ0) is 14.7. The molecule has 1 atom stereocenters. The number of carboxylic acid groups (broad SMARTS) is 1. The quantitative estimate of drug-likeness (QED) is 0.452. The average molecular weight is 283 g/mol. The number of halogens is 3. The van der Waals surface area contributed by atoms with Gasteiger partial charge in [-0.05, 0) is 19.4 Å². The summed E-state index contributed by atoms with van der Waals surface area (Å²) < 4.78 is 31.7. The Bertz CT molecular complexity index is 391. The van der Waals surface area contributed by atoms with Crippen molar-refractivity contribution in [2.75, 3.05) is 13.1 Å². The molecule has 19 heavy (non-hydrogen) atoms. The number of alkyl halides is 3. The number of nitrogens with one attached hydrogen (secondary N) is 3. The number of aliphatic carboxylic acids is 1. The van der Waals surface area contributed by atoms with Gasteiger partial charge in [-0.3, -0.25) is 10.1 Å². The van der Waals surface area contributed by atoms with Crippen molar-refractivity contribution in [1.82, 2.24) is 16.0 Å². The first kappa shape index (κ1) is 15.2. The van der Waals surface area contributed by atoms with Gasteiger partial charge in [0.25, 0.3) is 5.91 Å². The van der Waals surface area contributed by atoms with E-state index in [1.54, 1.807) is 0 Å². The molecule has 10 heteroatoms. The molecule has 0 aromatic heterocycles. The van der Waals surface area contributed by atoms with Crippen LogP contribution in [0.3, 0.4) is 0 Å². The second kappa shape index (κ2) is 5.43. The van der Waals surface area contributed by atoms with Gasteiger partial charge in [-0.25, -0.2) is 9.59 Å². The number of rotatable bonds is 0. The molecule has 3 amide bonds. The van der Waals surface area contributed by atoms with Gasteiger partial charge < -0.3 is 15.7 Å². The summed E-state index contributed by atoms with van der Waals surface area (Å²) in [4.78, 5) is 31.1. The van der Waals surface area contributed by atoms with Crippen LogP contribution in [0.25, 0.3) is 0 Å². The van der Waals surface area contributed by atoms with E-state index in [1.807, 2.05) is 0 Å². The van der Waals surface area contributed by atoms with Crippen molar-refractivity contribution in [3.05, 3.63) is 0 Å². The topological polar surface area (TPSA) is 108 Å². The Hall–Kier alpha value is -1.84. The fraction of sp³-hybridized carbons (Fsp3) is 0.667. The molecule has 7 nitrogen and oxygen atoms in total. The fourth-order valence-corrected chi connectivity index (χ4v) is 1.73. The number of hydrogen-bond donors (Lipinski definition) is 4. The van der Waals surface area contributed by atoms with E-state index in [9.17, 15) is 22.8 Å². The third-order valence-corrected chi connectivity index (χ3v) is 2.64. The largest absolute Gasteiger partial charge is 0.490 e. The lowest BCUT2D eigenvalue weighted by Gasteiger charge is -2.30. The van der Waals surface area contributed by atoms with Crippen LogP contribution in [-0.4, -0.2) is 47.8 Å². The summed E-state index contributed by atoms with van der Waals surface area (Å²) in [6, 6.07) is -0.372. The second-order valence-corrected chi connectivity index (χ2v) is 4.07. The van der Waals surface area contributed by atoms with Gasteiger partial charge in [0.1, 0.15) is 5.54 Å². The lowest BCUT2D eigenvalue weighted by molar-refractivity contribution is -0.192. The zero-order valence-electron chi connectivity index (χ0n) is 9.63. The Kier molecular flexibility index (Phi) is 4.35. The van der Waals surface area contributed by atoms with Gasteiger partial charge in [-0.15, -0.1) is 0 Å². The van der Waals surface area contributed by atoms with Gasteiger partial charge in [-0.2, -0.15) is 13.2 Å². The van der Waals surface area contributed by atoms with Gasteiger partial charge in [-0.1, -0.05) is 0 Å². The minimum absolute atomic E-state index is 0.195. The molecule has 1 spiro atoms. The summed E-state index contributed by atoms with van der Waals surface area (Å²) >= 11 is 0. The highest BCUT2D eigenvalue weighted by atomic mass is 19.4. The lowest BCUT2D eigenvalue weighted by atomic mass is 9.91. The van der Waals surface area contributed by atoms with Gasteiger partial charge in [0.15, 0.2) is 0 Å². The molecule has 0 aliphatic carbocycles. The van der Waals surface area contributed by atoms with Crippen LogP contribution in [0.4, 0.5) is 18.0 Å². The first-order chi connectivity index (χ1) is 8.67. The number of imide groups is 1. The number of carboxylic acids is 1. The van der Waals surface area contributed by atoms with E-state index in [4.69, 9.17) is 9.90 Å². The third-order valence-electron chi connectivity index (χ3n) is 2.64. The van der Waals surface area contributed by atoms with Crippen molar-refractivity contribution < 1.29 is 32.7 Å². The molecular weight excluding hydrogens is 271 g/mol. The Morgan fingerprint density at radius 3 is 2.21 bits per heavy atom. The van der Waals surface area contributed by atoms with Crippen LogP contribution in [0.5, 0.6) is 0 Å². The van der Waals surface area contributed by atoms with Gasteiger partial charge in [0.05, 0.1) is 0 Å². The van der Waals surface area contributed by atoms with Crippen LogP contribution in [0, 0.1) is 0 Å². The van der Waals surface area contributed by atoms with E-state index in [0.29, 0.717) is 6.54 Å². The monoisotopic (exact) mass is 283 g/mol. The summed E-state index contributed by atoms with van der Waals surface area (Å²) in [6.45, 7) is 1.47. The SMILES string of the molecule is O=C(O)C(F)(F)F.O=C1NC(=O)C2(CCCNC2)N1. The van der Waals surface area contributed by atoms with Crippen LogP contribution in [0.2, 0.25) is 0 Å². The maximum atomic E-state index is 11.3. The van der Waals surface area contributed by atoms with Crippen molar-refractivity contribution in [3.8, 4) is 0 Å². The highest BCUT2D eigenvalue weighted by molar-refractivity contribution is 6.07. The number of hydrogen-bond acceptors (Lipinski definition) is 4. The minimum Gasteiger partial charge on any atom is -0.475 e. The predicted octanol–water partition coefficient (Wildman–Crippen LogP) is -0.419. The van der Waals surface area contributed by atoms with E-state index in [2.05, 4.69) is 16.0 Å². The van der Waals surface area contributed by atoms with Gasteiger partial charge >= 0.3 is 18.2 Å². The molecule has 2 aliphatic rings. The smallest absolute Gasteiger partial charge is 0.475 e. The highest BCUT2D eigenvalue weighted by Crippen LogP contribution is 2.19. The fourth-order valence-electron chi connectivity index (χ4n) is 1.73. The van der Waals surface area contributed by atoms with Gasteiger partial charge in [0.2, 0.25) is 0 Å². The third kappa shape index (κ3) is 3.81. The van der Waals surface area contributed by atoms with E-state index in [1.165, 1.54) is 0 Å². The van der Waals surface area contributed by atoms with Crippen molar-refractivity contribution in [1.29, 1.82) is 0 Å². The minimum atomic E-state index is -5.08. The van der Waals surface area contributed by atoms with Crippen molar-refractivity contribution in [2.24, 2.45) is 0 Å². The maximum absolute atomic E-state index is 11.3. The zero-order valence-corrected chi connectivity index (χ0v) is 9.63. The molecular formula is C9H12F3N3O4. The molecule has 1 unspecified atom stereocenters. The van der Waals surface area contributed by atoms with Crippen LogP contribution in [-0.2, 0) is 9.59 Å². The predicted molar refractivity (Wildman–Crippen MR) is 55.2 cm³/mol. The molecule has 0 aromatic rings. The number of piperidine rings is 1. The maximum Gasteiger partial charge on any atom is 0.490 e. The molecule has 0 saturated carbocycles. The number of carbonyl (C=O) groups excluding carboxylic acids is 2. The van der Waals surface area contributed by atoms with E-state index in [-0.39, 0.29) is 11.9 Å². The average Bonchev–Trinajstić information content (AvgIpc) is 2.54. The molecule has 2 heterocycles. The summed E-state index contributed by atoms with van der Waals surface area (Å²) in [5, 5.41) is 15.1. The van der Waals surface area contributed by atoms with Crippen molar-refractivity contribution in [2.45, 2.75) is 24.6 Å². The van der Waals surface area contributed by atoms with Crippen molar-refractivity contribution >= 4 is 17.9 Å². The first-order valence-electron chi connectivity index (χ1n) is 5.32. The number of amides is 3. The molecule has 108 valence electrons. The lowest BCUT2D eigenvalue weighted by Crippen LogP contribution is -2.57.